The zero-order valence-electron chi connectivity index (χ0n) is 16.7. The number of ketones is 1. The molecule has 3 aromatic carbocycles. The zero-order valence-corrected chi connectivity index (χ0v) is 17.5. The summed E-state index contributed by atoms with van der Waals surface area (Å²) in [5.41, 5.74) is 5.14. The quantitative estimate of drug-likeness (QED) is 0.471. The topological polar surface area (TPSA) is 96.3 Å². The molecule has 0 spiro atoms. The number of H-pyrrole nitrogens is 1. The van der Waals surface area contributed by atoms with Gasteiger partial charge in [-0.25, -0.2) is 13.6 Å². The molecular weight excluding hydrogens is 410 g/mol. The van der Waals surface area contributed by atoms with Crippen LogP contribution in [-0.2, 0) is 16.4 Å². The number of nitrogens with one attached hydrogen (secondary N) is 1. The molecule has 0 saturated carbocycles. The molecule has 1 aliphatic heterocycles. The van der Waals surface area contributed by atoms with Crippen LogP contribution in [0.15, 0.2) is 77.7 Å². The number of benzene rings is 3. The van der Waals surface area contributed by atoms with Crippen LogP contribution in [0.1, 0.15) is 15.9 Å². The third kappa shape index (κ3) is 3.52. The number of hydrogen-bond donors (Lipinski definition) is 2. The first-order valence-electron chi connectivity index (χ1n) is 10.0. The average Bonchev–Trinajstić information content (AvgIpc) is 3.35. The van der Waals surface area contributed by atoms with Gasteiger partial charge in [0.1, 0.15) is 0 Å². The SMILES string of the molecule is NS(=O)(=O)c1ccc2c(c1)CCN2CC(=O)c1c(-c2ccccc2)[nH]c2ccccc12. The zero-order chi connectivity index (χ0) is 21.6. The number of para-hydroxylation sites is 1. The van der Waals surface area contributed by atoms with Gasteiger partial charge in [-0.05, 0) is 41.8 Å². The summed E-state index contributed by atoms with van der Waals surface area (Å²) in [5.74, 6) is 0.0136. The van der Waals surface area contributed by atoms with Gasteiger partial charge in [-0.3, -0.25) is 4.79 Å². The van der Waals surface area contributed by atoms with Gasteiger partial charge in [0.2, 0.25) is 10.0 Å². The molecule has 31 heavy (non-hydrogen) atoms. The minimum Gasteiger partial charge on any atom is -0.363 e. The Balaban J connectivity index is 1.52. The van der Waals surface area contributed by atoms with Crippen molar-refractivity contribution in [3.05, 3.63) is 83.9 Å². The molecule has 0 unspecified atom stereocenters. The van der Waals surface area contributed by atoms with Crippen molar-refractivity contribution in [3.63, 3.8) is 0 Å². The number of anilines is 1. The van der Waals surface area contributed by atoms with E-state index in [2.05, 4.69) is 4.98 Å². The maximum absolute atomic E-state index is 13.5. The van der Waals surface area contributed by atoms with E-state index in [-0.39, 0.29) is 17.2 Å². The van der Waals surface area contributed by atoms with Gasteiger partial charge in [0, 0.05) is 23.1 Å². The molecule has 6 nitrogen and oxygen atoms in total. The Morgan fingerprint density at radius 2 is 1.74 bits per heavy atom. The van der Waals surface area contributed by atoms with Gasteiger partial charge in [0.05, 0.1) is 22.7 Å². The van der Waals surface area contributed by atoms with Gasteiger partial charge < -0.3 is 9.88 Å². The molecule has 0 radical (unpaired) electrons. The number of carbonyl (C=O) groups is 1. The minimum absolute atomic E-state index is 0.0136. The molecule has 0 atom stereocenters. The summed E-state index contributed by atoms with van der Waals surface area (Å²) >= 11 is 0. The Bertz CT molecular complexity index is 1410. The van der Waals surface area contributed by atoms with Gasteiger partial charge in [-0.15, -0.1) is 0 Å². The van der Waals surface area contributed by atoms with Crippen LogP contribution < -0.4 is 10.0 Å². The Kier molecular flexibility index (Phi) is 4.64. The third-order valence-corrected chi connectivity index (χ3v) is 6.66. The van der Waals surface area contributed by atoms with Crippen LogP contribution in [0.3, 0.4) is 0 Å². The number of primary sulfonamides is 1. The second kappa shape index (κ2) is 7.37. The molecule has 0 fully saturated rings. The van der Waals surface area contributed by atoms with E-state index >= 15 is 0 Å². The number of nitrogens with two attached hydrogens (primary N) is 1. The number of carbonyl (C=O) groups excluding carboxylic acids is 1. The fourth-order valence-corrected chi connectivity index (χ4v) is 4.86. The van der Waals surface area contributed by atoms with Crippen molar-refractivity contribution in [2.75, 3.05) is 18.0 Å². The van der Waals surface area contributed by atoms with E-state index in [0.29, 0.717) is 18.5 Å². The van der Waals surface area contributed by atoms with E-state index in [1.807, 2.05) is 59.5 Å². The number of Topliss-reactive ketones (excluding diaryl/α,β-unsaturated/α-hetero) is 1. The number of aromatic amines is 1. The molecule has 0 aliphatic carbocycles. The summed E-state index contributed by atoms with van der Waals surface area (Å²) in [7, 11) is -3.75. The van der Waals surface area contributed by atoms with Crippen LogP contribution in [-0.4, -0.2) is 32.3 Å². The van der Waals surface area contributed by atoms with Crippen molar-refractivity contribution in [3.8, 4) is 11.3 Å². The molecule has 1 aliphatic rings. The number of rotatable bonds is 5. The van der Waals surface area contributed by atoms with Crippen LogP contribution >= 0.6 is 0 Å². The summed E-state index contributed by atoms with van der Waals surface area (Å²) in [6.45, 7) is 0.863. The Morgan fingerprint density at radius 1 is 1.00 bits per heavy atom. The largest absolute Gasteiger partial charge is 0.363 e. The maximum Gasteiger partial charge on any atom is 0.238 e. The molecule has 156 valence electrons. The molecule has 0 saturated heterocycles. The summed E-state index contributed by atoms with van der Waals surface area (Å²) in [6, 6.07) is 22.5. The molecule has 4 aromatic rings. The predicted molar refractivity (Wildman–Crippen MR) is 122 cm³/mol. The van der Waals surface area contributed by atoms with Crippen molar-refractivity contribution in [2.45, 2.75) is 11.3 Å². The molecular formula is C24H21N3O3S. The number of fused-ring (bicyclic) bond motifs is 2. The first kappa shape index (κ1) is 19.5. The molecule has 2 heterocycles. The lowest BCUT2D eigenvalue weighted by molar-refractivity contribution is 0.100. The van der Waals surface area contributed by atoms with Crippen molar-refractivity contribution in [2.24, 2.45) is 5.14 Å². The van der Waals surface area contributed by atoms with E-state index in [9.17, 15) is 13.2 Å². The van der Waals surface area contributed by atoms with Crippen LogP contribution in [0, 0.1) is 0 Å². The highest BCUT2D eigenvalue weighted by molar-refractivity contribution is 7.89. The average molecular weight is 432 g/mol. The second-order valence-electron chi connectivity index (χ2n) is 7.72. The Morgan fingerprint density at radius 3 is 2.52 bits per heavy atom. The number of aromatic nitrogens is 1. The highest BCUT2D eigenvalue weighted by Gasteiger charge is 2.26. The smallest absolute Gasteiger partial charge is 0.238 e. The van der Waals surface area contributed by atoms with Crippen molar-refractivity contribution < 1.29 is 13.2 Å². The monoisotopic (exact) mass is 431 g/mol. The summed E-state index contributed by atoms with van der Waals surface area (Å²) in [5, 5.41) is 6.15. The first-order chi connectivity index (χ1) is 14.9. The Hall–Kier alpha value is -3.42. The van der Waals surface area contributed by atoms with Gasteiger partial charge >= 0.3 is 0 Å². The lowest BCUT2D eigenvalue weighted by Gasteiger charge is -2.19. The summed E-state index contributed by atoms with van der Waals surface area (Å²) < 4.78 is 23.3. The molecule has 7 heteroatoms. The standard InChI is InChI=1S/C24H21N3O3S/c25-31(29,30)18-10-11-21-17(14-18)12-13-27(21)15-22(28)23-19-8-4-5-9-20(19)26-24(23)16-6-2-1-3-7-16/h1-11,14,26H,12-13,15H2,(H2,25,29,30). The molecule has 0 bridgehead atoms. The highest BCUT2D eigenvalue weighted by Crippen LogP contribution is 2.33. The highest BCUT2D eigenvalue weighted by atomic mass is 32.2. The third-order valence-electron chi connectivity index (χ3n) is 5.75. The molecule has 3 N–H and O–H groups in total. The van der Waals surface area contributed by atoms with Crippen LogP contribution in [0.2, 0.25) is 0 Å². The van der Waals surface area contributed by atoms with E-state index in [1.54, 1.807) is 12.1 Å². The van der Waals surface area contributed by atoms with E-state index < -0.39 is 10.0 Å². The Labute approximate surface area is 180 Å². The number of hydrogen-bond acceptors (Lipinski definition) is 4. The van der Waals surface area contributed by atoms with Gasteiger partial charge in [-0.2, -0.15) is 0 Å². The van der Waals surface area contributed by atoms with Gasteiger partial charge in [0.25, 0.3) is 0 Å². The fourth-order valence-electron chi connectivity index (χ4n) is 4.29. The van der Waals surface area contributed by atoms with Crippen molar-refractivity contribution in [1.82, 2.24) is 4.98 Å². The van der Waals surface area contributed by atoms with Crippen molar-refractivity contribution in [1.29, 1.82) is 0 Å². The van der Waals surface area contributed by atoms with Crippen LogP contribution in [0.5, 0.6) is 0 Å². The van der Waals surface area contributed by atoms with Crippen LogP contribution in [0.25, 0.3) is 22.2 Å². The first-order valence-corrected chi connectivity index (χ1v) is 11.6. The fraction of sp³-hybridized carbons (Fsp3) is 0.125. The summed E-state index contributed by atoms with van der Waals surface area (Å²) in [6.07, 6.45) is 0.672. The molecule has 0 amide bonds. The minimum atomic E-state index is -3.75. The lowest BCUT2D eigenvalue weighted by atomic mass is 10.0. The van der Waals surface area contributed by atoms with E-state index in [1.165, 1.54) is 6.07 Å². The van der Waals surface area contributed by atoms with Crippen molar-refractivity contribution >= 4 is 32.4 Å². The van der Waals surface area contributed by atoms with Crippen LogP contribution in [0.4, 0.5) is 5.69 Å². The van der Waals surface area contributed by atoms with E-state index in [4.69, 9.17) is 5.14 Å². The number of nitrogens with zero attached hydrogens (tertiary/aromatic N) is 1. The normalized spacial score (nSPS) is 13.5. The van der Waals surface area contributed by atoms with Gasteiger partial charge in [-0.1, -0.05) is 48.5 Å². The lowest BCUT2D eigenvalue weighted by Crippen LogP contribution is -2.28. The molecule has 5 rings (SSSR count). The number of sulfonamides is 1. The second-order valence-corrected chi connectivity index (χ2v) is 9.28. The molecule has 1 aromatic heterocycles. The summed E-state index contributed by atoms with van der Waals surface area (Å²) in [4.78, 5) is 19.0. The predicted octanol–water partition coefficient (Wildman–Crippen LogP) is 3.73. The van der Waals surface area contributed by atoms with Gasteiger partial charge in [0.15, 0.2) is 5.78 Å². The maximum atomic E-state index is 13.5. The van der Waals surface area contributed by atoms with E-state index in [0.717, 1.165) is 33.4 Å².